The smallest absolute Gasteiger partial charge is 0.251 e. The Hall–Kier alpha value is -3.22. The van der Waals surface area contributed by atoms with E-state index in [1.807, 2.05) is 32.0 Å². The minimum absolute atomic E-state index is 0.0401. The van der Waals surface area contributed by atoms with Gasteiger partial charge in [0.15, 0.2) is 11.5 Å². The Kier molecular flexibility index (Phi) is 5.29. The number of anilines is 1. The van der Waals surface area contributed by atoms with Crippen LogP contribution in [0.4, 0.5) is 5.69 Å². The van der Waals surface area contributed by atoms with Crippen molar-refractivity contribution >= 4 is 17.5 Å². The van der Waals surface area contributed by atoms with Gasteiger partial charge in [-0.3, -0.25) is 9.59 Å². The highest BCUT2D eigenvalue weighted by atomic mass is 16.7. The molecule has 1 atom stereocenters. The molecular weight excluding hydrogens is 372 g/mol. The molecule has 2 aliphatic rings. The van der Waals surface area contributed by atoms with Gasteiger partial charge in [-0.15, -0.1) is 0 Å². The van der Waals surface area contributed by atoms with Crippen LogP contribution in [0.5, 0.6) is 17.2 Å². The molecule has 152 valence electrons. The van der Waals surface area contributed by atoms with Crippen molar-refractivity contribution in [1.82, 2.24) is 5.32 Å². The number of carbonyl (C=O) groups excluding carboxylic acids is 2. The molecule has 4 rings (SSSR count). The van der Waals surface area contributed by atoms with Crippen LogP contribution in [0.2, 0.25) is 0 Å². The number of hydrogen-bond donors (Lipinski definition) is 1. The fourth-order valence-electron chi connectivity index (χ4n) is 3.52. The Labute approximate surface area is 169 Å². The van der Waals surface area contributed by atoms with E-state index in [0.717, 1.165) is 11.4 Å². The van der Waals surface area contributed by atoms with Gasteiger partial charge in [0.25, 0.3) is 5.91 Å². The average molecular weight is 396 g/mol. The highest BCUT2D eigenvalue weighted by Crippen LogP contribution is 2.37. The van der Waals surface area contributed by atoms with Crippen molar-refractivity contribution in [3.63, 3.8) is 0 Å². The zero-order valence-electron chi connectivity index (χ0n) is 16.5. The lowest BCUT2D eigenvalue weighted by atomic mass is 10.1. The molecule has 2 heterocycles. The number of carbonyl (C=O) groups is 2. The topological polar surface area (TPSA) is 77.1 Å². The summed E-state index contributed by atoms with van der Waals surface area (Å²) >= 11 is 0. The molecule has 0 aromatic heterocycles. The zero-order valence-corrected chi connectivity index (χ0v) is 16.5. The number of benzene rings is 2. The number of rotatable bonds is 6. The lowest BCUT2D eigenvalue weighted by Crippen LogP contribution is -2.31. The molecule has 7 nitrogen and oxygen atoms in total. The van der Waals surface area contributed by atoms with Crippen molar-refractivity contribution in [1.29, 1.82) is 0 Å². The highest BCUT2D eigenvalue weighted by molar-refractivity contribution is 5.97. The van der Waals surface area contributed by atoms with Crippen LogP contribution in [0.1, 0.15) is 30.6 Å². The summed E-state index contributed by atoms with van der Waals surface area (Å²) in [6.45, 7) is 5.11. The summed E-state index contributed by atoms with van der Waals surface area (Å²) in [5.41, 5.74) is 1.35. The van der Waals surface area contributed by atoms with E-state index in [1.165, 1.54) is 0 Å². The molecule has 0 bridgehead atoms. The van der Waals surface area contributed by atoms with Crippen molar-refractivity contribution in [3.05, 3.63) is 48.0 Å². The minimum atomic E-state index is -0.157. The molecule has 2 aromatic rings. The van der Waals surface area contributed by atoms with Gasteiger partial charge >= 0.3 is 0 Å². The predicted molar refractivity (Wildman–Crippen MR) is 108 cm³/mol. The molecule has 1 fully saturated rings. The van der Waals surface area contributed by atoms with Gasteiger partial charge in [-0.25, -0.2) is 0 Å². The Morgan fingerprint density at radius 1 is 1.17 bits per heavy atom. The molecule has 2 aromatic carbocycles. The minimum Gasteiger partial charge on any atom is -0.491 e. The molecule has 0 radical (unpaired) electrons. The first-order valence-electron chi connectivity index (χ1n) is 9.74. The summed E-state index contributed by atoms with van der Waals surface area (Å²) in [5, 5.41) is 2.93. The van der Waals surface area contributed by atoms with E-state index in [1.54, 1.807) is 29.2 Å². The molecule has 1 N–H and O–H groups in total. The highest BCUT2D eigenvalue weighted by Gasteiger charge is 2.31. The summed E-state index contributed by atoms with van der Waals surface area (Å²) in [5.74, 6) is 2.01. The SMILES string of the molecule is CC(C)Oc1ccc(C(=O)NCC2CC(=O)N(c3ccc4c(c3)OCO4)C2)cc1. The molecule has 7 heteroatoms. The van der Waals surface area contributed by atoms with Gasteiger partial charge in [0.05, 0.1) is 6.10 Å². The molecule has 1 saturated heterocycles. The second-order valence-corrected chi connectivity index (χ2v) is 7.51. The number of amides is 2. The van der Waals surface area contributed by atoms with Crippen molar-refractivity contribution in [3.8, 4) is 17.2 Å². The van der Waals surface area contributed by atoms with Crippen molar-refractivity contribution in [2.45, 2.75) is 26.4 Å². The van der Waals surface area contributed by atoms with E-state index in [4.69, 9.17) is 14.2 Å². The monoisotopic (exact) mass is 396 g/mol. The fourth-order valence-corrected chi connectivity index (χ4v) is 3.52. The Morgan fingerprint density at radius 2 is 1.93 bits per heavy atom. The maximum absolute atomic E-state index is 12.5. The number of hydrogen-bond acceptors (Lipinski definition) is 5. The van der Waals surface area contributed by atoms with Crippen LogP contribution in [0.15, 0.2) is 42.5 Å². The first-order valence-corrected chi connectivity index (χ1v) is 9.74. The van der Waals surface area contributed by atoms with E-state index in [0.29, 0.717) is 36.6 Å². The molecule has 0 aliphatic carbocycles. The molecule has 2 amide bonds. The van der Waals surface area contributed by atoms with Gasteiger partial charge in [0, 0.05) is 42.7 Å². The third-order valence-corrected chi connectivity index (χ3v) is 4.91. The van der Waals surface area contributed by atoms with Crippen LogP contribution in [0.25, 0.3) is 0 Å². The standard InChI is InChI=1S/C22H24N2O5/c1-14(2)29-18-6-3-16(4-7-18)22(26)23-11-15-9-21(25)24(12-15)17-5-8-19-20(10-17)28-13-27-19/h3-8,10,14-15H,9,11-13H2,1-2H3,(H,23,26). The van der Waals surface area contributed by atoms with E-state index < -0.39 is 0 Å². The number of ether oxygens (including phenoxy) is 3. The van der Waals surface area contributed by atoms with E-state index >= 15 is 0 Å². The molecular formula is C22H24N2O5. The second kappa shape index (κ2) is 8.03. The number of fused-ring (bicyclic) bond motifs is 1. The number of nitrogens with zero attached hydrogens (tertiary/aromatic N) is 1. The van der Waals surface area contributed by atoms with Crippen molar-refractivity contribution in [2.24, 2.45) is 5.92 Å². The van der Waals surface area contributed by atoms with E-state index in [9.17, 15) is 9.59 Å². The zero-order chi connectivity index (χ0) is 20.4. The van der Waals surface area contributed by atoms with Gasteiger partial charge in [0.1, 0.15) is 5.75 Å². The molecule has 0 saturated carbocycles. The third kappa shape index (κ3) is 4.29. The van der Waals surface area contributed by atoms with Crippen LogP contribution in [-0.2, 0) is 4.79 Å². The van der Waals surface area contributed by atoms with Crippen molar-refractivity contribution in [2.75, 3.05) is 24.8 Å². The summed E-state index contributed by atoms with van der Waals surface area (Å²) in [4.78, 5) is 26.6. The second-order valence-electron chi connectivity index (χ2n) is 7.51. The Bertz CT molecular complexity index is 910. The largest absolute Gasteiger partial charge is 0.491 e. The van der Waals surface area contributed by atoms with Gasteiger partial charge in [-0.2, -0.15) is 0 Å². The quantitative estimate of drug-likeness (QED) is 0.812. The normalized spacial score (nSPS) is 17.7. The van der Waals surface area contributed by atoms with Gasteiger partial charge in [-0.05, 0) is 50.2 Å². The van der Waals surface area contributed by atoms with Crippen LogP contribution < -0.4 is 24.4 Å². The summed E-state index contributed by atoms with van der Waals surface area (Å²) < 4.78 is 16.3. The molecule has 0 spiro atoms. The first-order chi connectivity index (χ1) is 14.0. The van der Waals surface area contributed by atoms with Gasteiger partial charge in [0.2, 0.25) is 12.7 Å². The molecule has 1 unspecified atom stereocenters. The van der Waals surface area contributed by atoms with Crippen LogP contribution in [-0.4, -0.2) is 37.8 Å². The molecule has 29 heavy (non-hydrogen) atoms. The third-order valence-electron chi connectivity index (χ3n) is 4.91. The van der Waals surface area contributed by atoms with Gasteiger partial charge < -0.3 is 24.4 Å². The first kappa shape index (κ1) is 19.1. The predicted octanol–water partition coefficient (Wildman–Crippen LogP) is 2.99. The fraction of sp³-hybridized carbons (Fsp3) is 0.364. The maximum Gasteiger partial charge on any atom is 0.251 e. The van der Waals surface area contributed by atoms with E-state index in [-0.39, 0.29) is 30.6 Å². The lowest BCUT2D eigenvalue weighted by Gasteiger charge is -2.17. The van der Waals surface area contributed by atoms with Crippen molar-refractivity contribution < 1.29 is 23.8 Å². The summed E-state index contributed by atoms with van der Waals surface area (Å²) in [7, 11) is 0. The maximum atomic E-state index is 12.5. The van der Waals surface area contributed by atoms with Gasteiger partial charge in [-0.1, -0.05) is 0 Å². The van der Waals surface area contributed by atoms with E-state index in [2.05, 4.69) is 5.32 Å². The summed E-state index contributed by atoms with van der Waals surface area (Å²) in [6.07, 6.45) is 0.484. The number of nitrogens with one attached hydrogen (secondary N) is 1. The average Bonchev–Trinajstić information content (AvgIpc) is 3.31. The Balaban J connectivity index is 1.32. The summed E-state index contributed by atoms with van der Waals surface area (Å²) in [6, 6.07) is 12.5. The molecule has 2 aliphatic heterocycles. The van der Waals surface area contributed by atoms with Crippen LogP contribution >= 0.6 is 0 Å². The van der Waals surface area contributed by atoms with Crippen LogP contribution in [0.3, 0.4) is 0 Å². The van der Waals surface area contributed by atoms with Crippen LogP contribution in [0, 0.1) is 5.92 Å². The Morgan fingerprint density at radius 3 is 2.69 bits per heavy atom. The lowest BCUT2D eigenvalue weighted by molar-refractivity contribution is -0.117.